The van der Waals surface area contributed by atoms with Crippen LogP contribution in [0.15, 0.2) is 23.9 Å². The first kappa shape index (κ1) is 13.7. The quantitative estimate of drug-likeness (QED) is 0.503. The van der Waals surface area contributed by atoms with Gasteiger partial charge in [0.2, 0.25) is 0 Å². The van der Waals surface area contributed by atoms with E-state index in [0.717, 1.165) is 0 Å². The predicted molar refractivity (Wildman–Crippen MR) is 66.9 cm³/mol. The van der Waals surface area contributed by atoms with Gasteiger partial charge in [0.15, 0.2) is 0 Å². The fourth-order valence-corrected chi connectivity index (χ4v) is 1.46. The molecule has 0 atom stereocenters. The Hall–Kier alpha value is -2.37. The Bertz CT molecular complexity index is 531. The Balaban J connectivity index is 3.44. The van der Waals surface area contributed by atoms with Crippen molar-refractivity contribution in [2.24, 2.45) is 5.73 Å². The van der Waals surface area contributed by atoms with Crippen LogP contribution in [-0.2, 0) is 4.74 Å². The summed E-state index contributed by atoms with van der Waals surface area (Å²) in [6.07, 6.45) is 0. The molecular formula is C12H14N2O4. The summed E-state index contributed by atoms with van der Waals surface area (Å²) in [6.45, 7) is 3.35. The van der Waals surface area contributed by atoms with Crippen molar-refractivity contribution in [3.8, 4) is 0 Å². The van der Waals surface area contributed by atoms with Gasteiger partial charge in [-0.1, -0.05) is 0 Å². The van der Waals surface area contributed by atoms with Crippen molar-refractivity contribution in [2.75, 3.05) is 7.11 Å². The van der Waals surface area contributed by atoms with Gasteiger partial charge in [-0.15, -0.1) is 0 Å². The van der Waals surface area contributed by atoms with Gasteiger partial charge >= 0.3 is 5.97 Å². The minimum Gasteiger partial charge on any atom is -0.465 e. The van der Waals surface area contributed by atoms with Gasteiger partial charge in [0.25, 0.3) is 5.69 Å². The van der Waals surface area contributed by atoms with Crippen LogP contribution in [0.3, 0.4) is 0 Å². The van der Waals surface area contributed by atoms with E-state index in [0.29, 0.717) is 16.8 Å². The molecule has 0 heterocycles. The first-order valence-electron chi connectivity index (χ1n) is 5.18. The highest BCUT2D eigenvalue weighted by atomic mass is 16.6. The summed E-state index contributed by atoms with van der Waals surface area (Å²) < 4.78 is 4.52. The molecule has 6 heteroatoms. The van der Waals surface area contributed by atoms with Crippen LogP contribution in [0, 0.1) is 10.1 Å². The maximum absolute atomic E-state index is 11.3. The third kappa shape index (κ3) is 2.65. The lowest BCUT2D eigenvalue weighted by molar-refractivity contribution is -0.385. The molecule has 96 valence electrons. The zero-order chi connectivity index (χ0) is 13.9. The van der Waals surface area contributed by atoms with Crippen molar-refractivity contribution in [1.29, 1.82) is 0 Å². The normalized spacial score (nSPS) is 11.7. The number of ether oxygens (including phenoxy) is 1. The second-order valence-corrected chi connectivity index (χ2v) is 3.79. The van der Waals surface area contributed by atoms with E-state index in [-0.39, 0.29) is 11.3 Å². The van der Waals surface area contributed by atoms with E-state index in [2.05, 4.69) is 4.74 Å². The Morgan fingerprint density at radius 2 is 2.00 bits per heavy atom. The Morgan fingerprint density at radius 1 is 1.39 bits per heavy atom. The topological polar surface area (TPSA) is 95.5 Å². The molecule has 18 heavy (non-hydrogen) atoms. The molecule has 0 aliphatic rings. The molecule has 0 fully saturated rings. The summed E-state index contributed by atoms with van der Waals surface area (Å²) >= 11 is 0. The molecule has 6 nitrogen and oxygen atoms in total. The molecule has 0 aromatic heterocycles. The molecule has 0 saturated heterocycles. The van der Waals surface area contributed by atoms with E-state index in [1.54, 1.807) is 13.8 Å². The number of allylic oxidation sites excluding steroid dienone is 2. The molecule has 1 aromatic carbocycles. The number of benzene rings is 1. The maximum Gasteiger partial charge on any atom is 0.338 e. The SMILES string of the molecule is COC(=O)c1ccc(C(C)=C(C)N)c([N+](=O)[O-])c1. The Kier molecular flexibility index (Phi) is 4.04. The first-order valence-corrected chi connectivity index (χ1v) is 5.18. The van der Waals surface area contributed by atoms with Gasteiger partial charge in [0.05, 0.1) is 23.2 Å². The van der Waals surface area contributed by atoms with Crippen molar-refractivity contribution < 1.29 is 14.5 Å². The standard InChI is InChI=1S/C12H14N2O4/c1-7(8(2)13)10-5-4-9(12(15)18-3)6-11(10)14(16)17/h4-6H,13H2,1-3H3. The lowest BCUT2D eigenvalue weighted by atomic mass is 10.0. The van der Waals surface area contributed by atoms with Crippen LogP contribution in [0.1, 0.15) is 29.8 Å². The highest BCUT2D eigenvalue weighted by molar-refractivity contribution is 5.91. The smallest absolute Gasteiger partial charge is 0.338 e. The van der Waals surface area contributed by atoms with E-state index in [4.69, 9.17) is 5.73 Å². The van der Waals surface area contributed by atoms with Crippen LogP contribution >= 0.6 is 0 Å². The van der Waals surface area contributed by atoms with Gasteiger partial charge in [-0.05, 0) is 31.6 Å². The van der Waals surface area contributed by atoms with E-state index in [1.807, 2.05) is 0 Å². The van der Waals surface area contributed by atoms with Crippen LogP contribution in [-0.4, -0.2) is 18.0 Å². The molecule has 2 N–H and O–H groups in total. The van der Waals surface area contributed by atoms with Gasteiger partial charge in [0, 0.05) is 11.8 Å². The molecular weight excluding hydrogens is 236 g/mol. The summed E-state index contributed by atoms with van der Waals surface area (Å²) in [5.41, 5.74) is 7.09. The highest BCUT2D eigenvalue weighted by Crippen LogP contribution is 2.28. The van der Waals surface area contributed by atoms with Crippen molar-refractivity contribution in [2.45, 2.75) is 13.8 Å². The minimum atomic E-state index is -0.615. The number of carbonyl (C=O) groups excluding carboxylic acids is 1. The second kappa shape index (κ2) is 5.31. The largest absolute Gasteiger partial charge is 0.465 e. The monoisotopic (exact) mass is 250 g/mol. The molecule has 0 amide bonds. The van der Waals surface area contributed by atoms with Crippen molar-refractivity contribution >= 4 is 17.2 Å². The molecule has 0 unspecified atom stereocenters. The number of nitro benzene ring substituents is 1. The van der Waals surface area contributed by atoms with E-state index in [9.17, 15) is 14.9 Å². The number of methoxy groups -OCH3 is 1. The highest BCUT2D eigenvalue weighted by Gasteiger charge is 2.19. The van der Waals surface area contributed by atoms with Crippen LogP contribution in [0.4, 0.5) is 5.69 Å². The number of rotatable bonds is 3. The number of esters is 1. The van der Waals surface area contributed by atoms with Crippen LogP contribution < -0.4 is 5.73 Å². The lowest BCUT2D eigenvalue weighted by Crippen LogP contribution is -2.04. The average molecular weight is 250 g/mol. The van der Waals surface area contributed by atoms with E-state index < -0.39 is 10.9 Å². The van der Waals surface area contributed by atoms with Gasteiger partial charge in [-0.3, -0.25) is 10.1 Å². The summed E-state index contributed by atoms with van der Waals surface area (Å²) in [4.78, 5) is 21.8. The lowest BCUT2D eigenvalue weighted by Gasteiger charge is -2.07. The van der Waals surface area contributed by atoms with Crippen LogP contribution in [0.5, 0.6) is 0 Å². The summed E-state index contributed by atoms with van der Waals surface area (Å²) in [5.74, 6) is -0.615. The second-order valence-electron chi connectivity index (χ2n) is 3.79. The zero-order valence-corrected chi connectivity index (χ0v) is 10.4. The number of hydrogen-bond donors (Lipinski definition) is 1. The summed E-state index contributed by atoms with van der Waals surface area (Å²) in [7, 11) is 1.22. The molecule has 0 aliphatic carbocycles. The third-order valence-corrected chi connectivity index (χ3v) is 2.61. The molecule has 0 spiro atoms. The van der Waals surface area contributed by atoms with Gasteiger partial charge in [0.1, 0.15) is 0 Å². The predicted octanol–water partition coefficient (Wildman–Crippen LogP) is 2.09. The Labute approximate surface area is 104 Å². The number of nitro groups is 1. The average Bonchev–Trinajstić information content (AvgIpc) is 2.35. The van der Waals surface area contributed by atoms with Crippen LogP contribution in [0.2, 0.25) is 0 Å². The number of nitrogens with zero attached hydrogens (tertiary/aromatic N) is 1. The van der Waals surface area contributed by atoms with E-state index in [1.165, 1.54) is 25.3 Å². The molecule has 0 aliphatic heterocycles. The minimum absolute atomic E-state index is 0.135. The number of hydrogen-bond acceptors (Lipinski definition) is 5. The van der Waals surface area contributed by atoms with Gasteiger partial charge in [-0.2, -0.15) is 0 Å². The molecule has 0 bridgehead atoms. The van der Waals surface area contributed by atoms with Crippen LogP contribution in [0.25, 0.3) is 5.57 Å². The summed E-state index contributed by atoms with van der Waals surface area (Å²) in [5, 5.41) is 11.0. The van der Waals surface area contributed by atoms with Gasteiger partial charge in [-0.25, -0.2) is 4.79 Å². The van der Waals surface area contributed by atoms with Gasteiger partial charge < -0.3 is 10.5 Å². The van der Waals surface area contributed by atoms with E-state index >= 15 is 0 Å². The number of carbonyl (C=O) groups is 1. The van der Waals surface area contributed by atoms with Crippen molar-refractivity contribution in [1.82, 2.24) is 0 Å². The molecule has 0 saturated carbocycles. The maximum atomic E-state index is 11.3. The Morgan fingerprint density at radius 3 is 2.44 bits per heavy atom. The number of nitrogens with two attached hydrogens (primary N) is 1. The van der Waals surface area contributed by atoms with Crippen molar-refractivity contribution in [3.05, 3.63) is 45.1 Å². The first-order chi connectivity index (χ1) is 8.38. The zero-order valence-electron chi connectivity index (χ0n) is 10.4. The third-order valence-electron chi connectivity index (χ3n) is 2.61. The fourth-order valence-electron chi connectivity index (χ4n) is 1.46. The van der Waals surface area contributed by atoms with Crippen molar-refractivity contribution in [3.63, 3.8) is 0 Å². The molecule has 0 radical (unpaired) electrons. The fraction of sp³-hybridized carbons (Fsp3) is 0.250. The summed E-state index contributed by atoms with van der Waals surface area (Å²) in [6, 6.07) is 4.16. The molecule has 1 rings (SSSR count). The molecule has 1 aromatic rings.